The number of thiophene rings is 1. The number of hydrogen-bond donors (Lipinski definition) is 1. The van der Waals surface area contributed by atoms with Crippen molar-refractivity contribution in [2.24, 2.45) is 0 Å². The minimum absolute atomic E-state index is 0.0195. The molecule has 1 N–H and O–H groups in total. The first kappa shape index (κ1) is 12.8. The number of imidazole rings is 1. The minimum atomic E-state index is -0.441. The molecule has 5 nitrogen and oxygen atoms in total. The first-order chi connectivity index (χ1) is 9.63. The molecule has 7 heteroatoms. The topological polar surface area (TPSA) is 71.8 Å². The van der Waals surface area contributed by atoms with Crippen molar-refractivity contribution in [2.45, 2.75) is 0 Å². The number of hydrogen-bond acceptors (Lipinski definition) is 4. The Hall–Kier alpha value is -2.18. The van der Waals surface area contributed by atoms with Crippen molar-refractivity contribution < 1.29 is 4.92 Å². The molecule has 0 atom stereocenters. The molecule has 0 aliphatic carbocycles. The molecule has 0 bridgehead atoms. The maximum Gasteiger partial charge on any atom is 0.271 e. The highest BCUT2D eigenvalue weighted by atomic mass is 35.5. The van der Waals surface area contributed by atoms with Gasteiger partial charge in [0.1, 0.15) is 5.82 Å². The van der Waals surface area contributed by atoms with E-state index < -0.39 is 4.92 Å². The molecule has 3 rings (SSSR count). The van der Waals surface area contributed by atoms with Crippen LogP contribution in [0.25, 0.3) is 22.1 Å². The number of non-ortho nitro benzene ring substituents is 1. The summed E-state index contributed by atoms with van der Waals surface area (Å²) in [6.45, 7) is 0. The Kier molecular flexibility index (Phi) is 3.25. The summed E-state index contributed by atoms with van der Waals surface area (Å²) in [7, 11) is 0. The van der Waals surface area contributed by atoms with Crippen LogP contribution in [0.5, 0.6) is 0 Å². The second-order valence-electron chi connectivity index (χ2n) is 4.05. The summed E-state index contributed by atoms with van der Waals surface area (Å²) < 4.78 is 0. The summed E-state index contributed by atoms with van der Waals surface area (Å²) in [5.74, 6) is 0.496. The highest BCUT2D eigenvalue weighted by Gasteiger charge is 2.11. The Balaban J connectivity index is 2.02. The van der Waals surface area contributed by atoms with Gasteiger partial charge in [-0.2, -0.15) is 0 Å². The normalized spacial score (nSPS) is 11.9. The summed E-state index contributed by atoms with van der Waals surface area (Å²) >= 11 is 7.78. The van der Waals surface area contributed by atoms with Gasteiger partial charge >= 0.3 is 0 Å². The number of aromatic amines is 1. The fraction of sp³-hybridized carbons (Fsp3) is 0. The van der Waals surface area contributed by atoms with Gasteiger partial charge in [-0.15, -0.1) is 11.3 Å². The molecule has 0 aliphatic rings. The Morgan fingerprint density at radius 2 is 2.30 bits per heavy atom. The quantitative estimate of drug-likeness (QED) is 0.580. The minimum Gasteiger partial charge on any atom is -0.337 e. The zero-order chi connectivity index (χ0) is 14.1. The zero-order valence-electron chi connectivity index (χ0n) is 10.0. The largest absolute Gasteiger partial charge is 0.337 e. The van der Waals surface area contributed by atoms with Crippen molar-refractivity contribution in [1.29, 1.82) is 0 Å². The number of aromatic nitrogens is 2. The van der Waals surface area contributed by atoms with Gasteiger partial charge in [0.15, 0.2) is 0 Å². The third kappa shape index (κ3) is 2.43. The smallest absolute Gasteiger partial charge is 0.271 e. The molecule has 0 radical (unpaired) electrons. The Labute approximate surface area is 122 Å². The van der Waals surface area contributed by atoms with Crippen molar-refractivity contribution >= 4 is 50.8 Å². The number of nitro groups is 1. The second kappa shape index (κ2) is 5.07. The molecule has 0 aliphatic heterocycles. The van der Waals surface area contributed by atoms with E-state index in [-0.39, 0.29) is 5.69 Å². The molecule has 0 unspecified atom stereocenters. The molecule has 2 heterocycles. The summed E-state index contributed by atoms with van der Waals surface area (Å²) in [6, 6.07) is 8.34. The predicted molar refractivity (Wildman–Crippen MR) is 80.8 cm³/mol. The van der Waals surface area contributed by atoms with Crippen LogP contribution in [0.15, 0.2) is 35.7 Å². The molecule has 0 saturated carbocycles. The molecule has 20 heavy (non-hydrogen) atoms. The van der Waals surface area contributed by atoms with Gasteiger partial charge in [-0.1, -0.05) is 17.7 Å². The number of nitrogens with zero attached hydrogens (tertiary/aromatic N) is 2. The van der Waals surface area contributed by atoms with E-state index in [2.05, 4.69) is 9.97 Å². The number of halogens is 1. The Bertz CT molecular complexity index is 808. The molecule has 1 aromatic carbocycles. The van der Waals surface area contributed by atoms with Gasteiger partial charge in [-0.25, -0.2) is 4.98 Å². The third-order valence-electron chi connectivity index (χ3n) is 2.71. The molecular weight excluding hydrogens is 298 g/mol. The molecule has 0 amide bonds. The number of rotatable bonds is 3. The fourth-order valence-corrected chi connectivity index (χ4v) is 2.72. The zero-order valence-corrected chi connectivity index (χ0v) is 11.6. The van der Waals surface area contributed by atoms with Gasteiger partial charge in [-0.05, 0) is 23.6 Å². The molecule has 0 fully saturated rings. The third-order valence-corrected chi connectivity index (χ3v) is 3.82. The van der Waals surface area contributed by atoms with E-state index in [4.69, 9.17) is 11.6 Å². The molecule has 3 aromatic rings. The van der Waals surface area contributed by atoms with E-state index in [1.807, 2.05) is 17.5 Å². The van der Waals surface area contributed by atoms with Gasteiger partial charge in [0.2, 0.25) is 0 Å². The monoisotopic (exact) mass is 305 g/mol. The van der Waals surface area contributed by atoms with Crippen LogP contribution in [0, 0.1) is 10.1 Å². The van der Waals surface area contributed by atoms with Crippen LogP contribution in [-0.2, 0) is 0 Å². The molecule has 100 valence electrons. The van der Waals surface area contributed by atoms with Crippen molar-refractivity contribution in [1.82, 2.24) is 9.97 Å². The van der Waals surface area contributed by atoms with Crippen LogP contribution in [0.4, 0.5) is 5.69 Å². The van der Waals surface area contributed by atoms with Crippen molar-refractivity contribution in [3.8, 4) is 0 Å². The number of fused-ring (bicyclic) bond motifs is 1. The summed E-state index contributed by atoms with van der Waals surface area (Å²) in [6.07, 6.45) is 1.80. The standard InChI is InChI=1S/C13H8ClN3O2S/c14-10(7-9-2-1-5-20-9)13-15-11-4-3-8(17(18)19)6-12(11)16-13/h1-7H,(H,15,16)/b10-7-. The number of H-pyrrole nitrogens is 1. The molecule has 2 aromatic heterocycles. The second-order valence-corrected chi connectivity index (χ2v) is 5.44. The van der Waals surface area contributed by atoms with E-state index in [1.54, 1.807) is 23.5 Å². The lowest BCUT2D eigenvalue weighted by Gasteiger charge is -1.91. The number of benzene rings is 1. The van der Waals surface area contributed by atoms with E-state index in [0.717, 1.165) is 4.88 Å². The predicted octanol–water partition coefficient (Wildman–Crippen LogP) is 4.27. The molecule has 0 spiro atoms. The van der Waals surface area contributed by atoms with Gasteiger partial charge in [0.05, 0.1) is 21.0 Å². The van der Waals surface area contributed by atoms with Crippen LogP contribution >= 0.6 is 22.9 Å². The van der Waals surface area contributed by atoms with E-state index in [1.165, 1.54) is 12.1 Å². The lowest BCUT2D eigenvalue weighted by molar-refractivity contribution is -0.384. The first-order valence-electron chi connectivity index (χ1n) is 5.69. The van der Waals surface area contributed by atoms with Crippen LogP contribution in [0.1, 0.15) is 10.7 Å². The van der Waals surface area contributed by atoms with E-state index in [0.29, 0.717) is 21.9 Å². The lowest BCUT2D eigenvalue weighted by Crippen LogP contribution is -1.86. The van der Waals surface area contributed by atoms with Crippen LogP contribution < -0.4 is 0 Å². The highest BCUT2D eigenvalue weighted by molar-refractivity contribution is 7.11. The van der Waals surface area contributed by atoms with E-state index in [9.17, 15) is 10.1 Å². The first-order valence-corrected chi connectivity index (χ1v) is 6.94. The summed E-state index contributed by atoms with van der Waals surface area (Å²) in [5.41, 5.74) is 1.25. The van der Waals surface area contributed by atoms with Crippen molar-refractivity contribution in [3.63, 3.8) is 0 Å². The van der Waals surface area contributed by atoms with Crippen molar-refractivity contribution in [3.05, 3.63) is 56.5 Å². The number of nitro benzene ring substituents is 1. The fourth-order valence-electron chi connectivity index (χ4n) is 1.79. The molecule has 0 saturated heterocycles. The maximum atomic E-state index is 10.7. The lowest BCUT2D eigenvalue weighted by atomic mass is 10.3. The van der Waals surface area contributed by atoms with Gasteiger partial charge in [0.25, 0.3) is 5.69 Å². The summed E-state index contributed by atoms with van der Waals surface area (Å²) in [5, 5.41) is 13.2. The van der Waals surface area contributed by atoms with Crippen LogP contribution in [0.2, 0.25) is 0 Å². The Morgan fingerprint density at radius 1 is 1.45 bits per heavy atom. The van der Waals surface area contributed by atoms with Crippen molar-refractivity contribution in [2.75, 3.05) is 0 Å². The SMILES string of the molecule is O=[N+]([O-])c1ccc2nc(/C(Cl)=C/c3cccs3)[nH]c2c1. The van der Waals surface area contributed by atoms with Gasteiger partial charge < -0.3 is 4.98 Å². The van der Waals surface area contributed by atoms with Crippen LogP contribution in [-0.4, -0.2) is 14.9 Å². The van der Waals surface area contributed by atoms with Gasteiger partial charge in [0, 0.05) is 17.0 Å². The van der Waals surface area contributed by atoms with Crippen LogP contribution in [0.3, 0.4) is 0 Å². The van der Waals surface area contributed by atoms with Gasteiger partial charge in [-0.3, -0.25) is 10.1 Å². The number of nitrogens with one attached hydrogen (secondary N) is 1. The maximum absolute atomic E-state index is 10.7. The molecular formula is C13H8ClN3O2S. The Morgan fingerprint density at radius 3 is 3.00 bits per heavy atom. The average Bonchev–Trinajstić information content (AvgIpc) is 3.05. The van der Waals surface area contributed by atoms with E-state index >= 15 is 0 Å². The average molecular weight is 306 g/mol. The highest BCUT2D eigenvalue weighted by Crippen LogP contribution is 2.26. The summed E-state index contributed by atoms with van der Waals surface area (Å²) in [4.78, 5) is 18.6.